The fourth-order valence-corrected chi connectivity index (χ4v) is 3.74. The second kappa shape index (κ2) is 7.19. The maximum absolute atomic E-state index is 12.7. The van der Waals surface area contributed by atoms with Gasteiger partial charge in [-0.25, -0.2) is 13.6 Å². The predicted octanol–water partition coefficient (Wildman–Crippen LogP) is 1.92. The molecule has 0 saturated carbocycles. The molecular formula is C19H23N3O3S. The number of nitrogens with zero attached hydrogens (tertiary/aromatic N) is 2. The Morgan fingerprint density at radius 3 is 2.50 bits per heavy atom. The molecular weight excluding hydrogens is 350 g/mol. The molecule has 6 nitrogen and oxygen atoms in total. The summed E-state index contributed by atoms with van der Waals surface area (Å²) in [5.74, 6) is 0.0606. The minimum absolute atomic E-state index is 0.0358. The van der Waals surface area contributed by atoms with Gasteiger partial charge in [0.05, 0.1) is 11.4 Å². The summed E-state index contributed by atoms with van der Waals surface area (Å²) in [6.07, 6.45) is 0.885. The molecule has 0 unspecified atom stereocenters. The van der Waals surface area contributed by atoms with E-state index in [0.29, 0.717) is 6.54 Å². The van der Waals surface area contributed by atoms with Crippen LogP contribution in [0.1, 0.15) is 24.1 Å². The summed E-state index contributed by atoms with van der Waals surface area (Å²) in [6.45, 7) is 2.98. The van der Waals surface area contributed by atoms with Crippen molar-refractivity contribution in [1.29, 1.82) is 0 Å². The van der Waals surface area contributed by atoms with Crippen LogP contribution < -0.4 is 10.0 Å². The molecule has 0 saturated heterocycles. The number of para-hydroxylation sites is 1. The molecule has 138 valence electrons. The zero-order chi connectivity index (χ0) is 18.9. The van der Waals surface area contributed by atoms with E-state index >= 15 is 0 Å². The van der Waals surface area contributed by atoms with E-state index in [1.165, 1.54) is 17.7 Å². The molecule has 0 bridgehead atoms. The molecule has 0 radical (unpaired) electrons. The van der Waals surface area contributed by atoms with Crippen molar-refractivity contribution in [3.05, 3.63) is 59.7 Å². The lowest BCUT2D eigenvalue weighted by Gasteiger charge is -2.27. The zero-order valence-electron chi connectivity index (χ0n) is 14.9. The first-order chi connectivity index (χ1) is 12.3. The van der Waals surface area contributed by atoms with Crippen LogP contribution >= 0.6 is 0 Å². The van der Waals surface area contributed by atoms with Crippen LogP contribution in [0.2, 0.25) is 0 Å². The van der Waals surface area contributed by atoms with Gasteiger partial charge in [-0.05, 0) is 49.7 Å². The summed E-state index contributed by atoms with van der Waals surface area (Å²) in [5.41, 5.74) is 3.13. The average Bonchev–Trinajstić information content (AvgIpc) is 3.04. The number of rotatable bonds is 5. The van der Waals surface area contributed by atoms with Gasteiger partial charge in [0.1, 0.15) is 0 Å². The molecule has 0 aliphatic carbocycles. The van der Waals surface area contributed by atoms with Crippen LogP contribution in [0.4, 0.5) is 5.69 Å². The van der Waals surface area contributed by atoms with Gasteiger partial charge < -0.3 is 4.90 Å². The molecule has 2 aromatic carbocycles. The maximum Gasteiger partial charge on any atom is 0.241 e. The first-order valence-corrected chi connectivity index (χ1v) is 10.0. The molecule has 2 N–H and O–H groups in total. The normalized spacial score (nSPS) is 15.2. The van der Waals surface area contributed by atoms with Crippen LogP contribution in [-0.2, 0) is 21.2 Å². The van der Waals surface area contributed by atoms with E-state index in [1.807, 2.05) is 42.0 Å². The van der Waals surface area contributed by atoms with Gasteiger partial charge in [0.25, 0.3) is 0 Å². The minimum atomic E-state index is -3.70. The van der Waals surface area contributed by atoms with Crippen molar-refractivity contribution < 1.29 is 13.2 Å². The lowest BCUT2D eigenvalue weighted by atomic mass is 10.1. The second-order valence-corrected chi connectivity index (χ2v) is 8.19. The lowest BCUT2D eigenvalue weighted by molar-refractivity contribution is -0.119. The number of carbonyl (C=O) groups is 1. The van der Waals surface area contributed by atoms with Gasteiger partial charge in [-0.2, -0.15) is 0 Å². The molecule has 0 aromatic heterocycles. The third-order valence-corrected chi connectivity index (χ3v) is 5.85. The number of sulfonamides is 1. The van der Waals surface area contributed by atoms with Gasteiger partial charge in [0.2, 0.25) is 15.9 Å². The number of anilines is 1. The Kier molecular flexibility index (Phi) is 5.13. The molecule has 1 aliphatic heterocycles. The highest BCUT2D eigenvalue weighted by molar-refractivity contribution is 7.89. The van der Waals surface area contributed by atoms with Crippen molar-refractivity contribution in [3.8, 4) is 0 Å². The number of amides is 1. The fraction of sp³-hybridized carbons (Fsp3) is 0.316. The van der Waals surface area contributed by atoms with Crippen LogP contribution in [0.5, 0.6) is 0 Å². The van der Waals surface area contributed by atoms with Gasteiger partial charge in [-0.15, -0.1) is 0 Å². The zero-order valence-corrected chi connectivity index (χ0v) is 15.7. The summed E-state index contributed by atoms with van der Waals surface area (Å²) in [7, 11) is -1.81. The second-order valence-electron chi connectivity index (χ2n) is 6.63. The standard InChI is InChI=1S/C19H23N3O3S/c1-14(15-7-9-17(10-8-15)26(20,24)25)21(2)13-19(23)22-12-11-16-5-3-4-6-18(16)22/h3-10,14H,11-13H2,1-2H3,(H2,20,24,25)/t14-/m0/s1. The van der Waals surface area contributed by atoms with Gasteiger partial charge in [0.15, 0.2) is 0 Å². The number of hydrogen-bond donors (Lipinski definition) is 1. The Bertz CT molecular complexity index is 910. The fourth-order valence-electron chi connectivity index (χ4n) is 3.22. The highest BCUT2D eigenvalue weighted by atomic mass is 32.2. The largest absolute Gasteiger partial charge is 0.311 e. The van der Waals surface area contributed by atoms with Crippen LogP contribution in [-0.4, -0.2) is 39.4 Å². The summed E-state index contributed by atoms with van der Waals surface area (Å²) >= 11 is 0. The van der Waals surface area contributed by atoms with Crippen LogP contribution in [0.3, 0.4) is 0 Å². The number of likely N-dealkylation sites (N-methyl/N-ethyl adjacent to an activating group) is 1. The number of carbonyl (C=O) groups excluding carboxylic acids is 1. The summed E-state index contributed by atoms with van der Waals surface area (Å²) < 4.78 is 22.7. The van der Waals surface area contributed by atoms with Crippen molar-refractivity contribution in [2.45, 2.75) is 24.3 Å². The van der Waals surface area contributed by atoms with Gasteiger partial charge >= 0.3 is 0 Å². The van der Waals surface area contributed by atoms with E-state index in [9.17, 15) is 13.2 Å². The Morgan fingerprint density at radius 1 is 1.19 bits per heavy atom. The van der Waals surface area contributed by atoms with Crippen LogP contribution in [0.25, 0.3) is 0 Å². The Hall–Kier alpha value is -2.22. The van der Waals surface area contributed by atoms with Crippen LogP contribution in [0, 0.1) is 0 Å². The maximum atomic E-state index is 12.7. The number of fused-ring (bicyclic) bond motifs is 1. The van der Waals surface area contributed by atoms with E-state index in [4.69, 9.17) is 5.14 Å². The molecule has 1 heterocycles. The molecule has 7 heteroatoms. The molecule has 1 atom stereocenters. The van der Waals surface area contributed by atoms with E-state index in [0.717, 1.165) is 17.7 Å². The van der Waals surface area contributed by atoms with E-state index < -0.39 is 10.0 Å². The Labute approximate surface area is 154 Å². The van der Waals surface area contributed by atoms with E-state index in [-0.39, 0.29) is 23.4 Å². The van der Waals surface area contributed by atoms with E-state index in [2.05, 4.69) is 6.07 Å². The summed E-state index contributed by atoms with van der Waals surface area (Å²) in [5, 5.41) is 5.13. The number of primary sulfonamides is 1. The molecule has 1 amide bonds. The SMILES string of the molecule is C[C@@H](c1ccc(S(N)(=O)=O)cc1)N(C)CC(=O)N1CCc2ccccc21. The molecule has 0 fully saturated rings. The van der Waals surface area contributed by atoms with Crippen molar-refractivity contribution in [1.82, 2.24) is 4.90 Å². The topological polar surface area (TPSA) is 83.7 Å². The van der Waals surface area contributed by atoms with Crippen molar-refractivity contribution in [2.75, 3.05) is 25.0 Å². The van der Waals surface area contributed by atoms with Gasteiger partial charge in [-0.1, -0.05) is 30.3 Å². The quantitative estimate of drug-likeness (QED) is 0.868. The highest BCUT2D eigenvalue weighted by Crippen LogP contribution is 2.28. The molecule has 1 aliphatic rings. The Morgan fingerprint density at radius 2 is 1.85 bits per heavy atom. The summed E-state index contributed by atoms with van der Waals surface area (Å²) in [6, 6.07) is 14.4. The lowest BCUT2D eigenvalue weighted by Crippen LogP contribution is -2.39. The third-order valence-electron chi connectivity index (χ3n) is 4.93. The smallest absolute Gasteiger partial charge is 0.241 e. The third kappa shape index (κ3) is 3.80. The van der Waals surface area contributed by atoms with Crippen molar-refractivity contribution >= 4 is 21.6 Å². The van der Waals surface area contributed by atoms with Gasteiger partial charge in [0, 0.05) is 18.3 Å². The molecule has 0 spiro atoms. The summed E-state index contributed by atoms with van der Waals surface area (Å²) in [4.78, 5) is 16.6. The van der Waals surface area contributed by atoms with E-state index in [1.54, 1.807) is 12.1 Å². The monoisotopic (exact) mass is 373 g/mol. The Balaban J connectivity index is 1.68. The first-order valence-electron chi connectivity index (χ1n) is 8.48. The number of nitrogens with two attached hydrogens (primary N) is 1. The van der Waals surface area contributed by atoms with Crippen molar-refractivity contribution in [2.24, 2.45) is 5.14 Å². The predicted molar refractivity (Wildman–Crippen MR) is 101 cm³/mol. The molecule has 3 rings (SSSR count). The molecule has 2 aromatic rings. The average molecular weight is 373 g/mol. The number of hydrogen-bond acceptors (Lipinski definition) is 4. The minimum Gasteiger partial charge on any atom is -0.311 e. The highest BCUT2D eigenvalue weighted by Gasteiger charge is 2.26. The van der Waals surface area contributed by atoms with Crippen LogP contribution in [0.15, 0.2) is 53.4 Å². The molecule has 26 heavy (non-hydrogen) atoms. The van der Waals surface area contributed by atoms with Gasteiger partial charge in [-0.3, -0.25) is 9.69 Å². The van der Waals surface area contributed by atoms with Crippen molar-refractivity contribution in [3.63, 3.8) is 0 Å². The first kappa shape index (κ1) is 18.6. The number of benzene rings is 2.